The molecule has 2 atom stereocenters. The molecule has 0 saturated heterocycles. The third-order valence-electron chi connectivity index (χ3n) is 8.17. The maximum atomic E-state index is 13.9. The molecule has 0 spiro atoms. The zero-order valence-corrected chi connectivity index (χ0v) is 23.0. The van der Waals surface area contributed by atoms with E-state index in [1.807, 2.05) is 18.2 Å². The van der Waals surface area contributed by atoms with E-state index in [1.54, 1.807) is 33.3 Å². The van der Waals surface area contributed by atoms with Gasteiger partial charge in [-0.1, -0.05) is 24.6 Å². The topological polar surface area (TPSA) is 117 Å². The van der Waals surface area contributed by atoms with Gasteiger partial charge in [0.2, 0.25) is 0 Å². The second-order valence-corrected chi connectivity index (χ2v) is 10.6. The summed E-state index contributed by atoms with van der Waals surface area (Å²) in [6, 6.07) is 11.8. The van der Waals surface area contributed by atoms with Crippen LogP contribution in [0.4, 0.5) is 5.69 Å². The van der Waals surface area contributed by atoms with Crippen molar-refractivity contribution in [3.63, 3.8) is 0 Å². The molecular weight excluding hydrogens is 512 g/mol. The minimum atomic E-state index is -0.758. The minimum Gasteiger partial charge on any atom is -0.493 e. The van der Waals surface area contributed by atoms with Crippen LogP contribution in [-0.2, 0) is 14.3 Å². The molecule has 2 aromatic rings. The number of hydrogen-bond acceptors (Lipinski definition) is 8. The Hall–Kier alpha value is -4.14. The number of nitrogens with one attached hydrogen (secondary N) is 1. The van der Waals surface area contributed by atoms with Crippen LogP contribution in [0.25, 0.3) is 0 Å². The lowest BCUT2D eigenvalue weighted by Crippen LogP contribution is -2.37. The van der Waals surface area contributed by atoms with Crippen LogP contribution < -0.4 is 14.8 Å². The van der Waals surface area contributed by atoms with Crippen molar-refractivity contribution in [1.29, 1.82) is 0 Å². The number of rotatable bonds is 7. The smallest absolute Gasteiger partial charge is 0.337 e. The van der Waals surface area contributed by atoms with Gasteiger partial charge in [0.05, 0.1) is 24.7 Å². The van der Waals surface area contributed by atoms with Gasteiger partial charge in [-0.25, -0.2) is 4.79 Å². The SMILES string of the molecule is COc1ccc([C@@H]2CC(=O)C3=C(C2)NC(C)=C(C(=O)OC2CCCCC2)[C@H]3c2cccc([N+](=O)[O-])c2)cc1OC. The van der Waals surface area contributed by atoms with Gasteiger partial charge in [-0.15, -0.1) is 0 Å². The molecular formula is C31H34N2O7. The third kappa shape index (κ3) is 5.33. The summed E-state index contributed by atoms with van der Waals surface area (Å²) in [5, 5.41) is 15.0. The molecule has 0 radical (unpaired) electrons. The maximum absolute atomic E-state index is 13.9. The first-order chi connectivity index (χ1) is 19.3. The van der Waals surface area contributed by atoms with Crippen LogP contribution in [0.15, 0.2) is 65.0 Å². The molecule has 3 aliphatic rings. The number of ether oxygens (including phenoxy) is 3. The zero-order chi connectivity index (χ0) is 28.4. The number of ketones is 1. The van der Waals surface area contributed by atoms with E-state index >= 15 is 0 Å². The second-order valence-electron chi connectivity index (χ2n) is 10.6. The number of carbonyl (C=O) groups excluding carboxylic acids is 2. The van der Waals surface area contributed by atoms with Gasteiger partial charge < -0.3 is 19.5 Å². The van der Waals surface area contributed by atoms with Crippen molar-refractivity contribution in [2.45, 2.75) is 69.8 Å². The summed E-state index contributed by atoms with van der Waals surface area (Å²) in [4.78, 5) is 38.7. The molecule has 0 aromatic heterocycles. The number of esters is 1. The molecule has 40 heavy (non-hydrogen) atoms. The van der Waals surface area contributed by atoms with Crippen LogP contribution in [0.5, 0.6) is 11.5 Å². The van der Waals surface area contributed by atoms with Gasteiger partial charge in [-0.3, -0.25) is 14.9 Å². The van der Waals surface area contributed by atoms with Crippen LogP contribution in [0.3, 0.4) is 0 Å². The summed E-state index contributed by atoms with van der Waals surface area (Å²) in [5.41, 5.74) is 3.49. The van der Waals surface area contributed by atoms with Crippen molar-refractivity contribution in [1.82, 2.24) is 5.32 Å². The monoisotopic (exact) mass is 546 g/mol. The Labute approximate surface area is 233 Å². The number of hydrogen-bond donors (Lipinski definition) is 1. The third-order valence-corrected chi connectivity index (χ3v) is 8.17. The number of carbonyl (C=O) groups is 2. The van der Waals surface area contributed by atoms with Crippen molar-refractivity contribution in [2.24, 2.45) is 0 Å². The second kappa shape index (κ2) is 11.5. The molecule has 1 heterocycles. The van der Waals surface area contributed by atoms with Crippen molar-refractivity contribution in [2.75, 3.05) is 14.2 Å². The molecule has 0 amide bonds. The minimum absolute atomic E-state index is 0.0951. The van der Waals surface area contributed by atoms with Gasteiger partial charge in [-0.05, 0) is 68.2 Å². The molecule has 1 N–H and O–H groups in total. The van der Waals surface area contributed by atoms with Gasteiger partial charge in [0, 0.05) is 41.4 Å². The standard InChI is InChI=1S/C31H34N2O7/c1-18-28(31(35)40-23-10-5-4-6-11-23)29(20-8-7-9-22(14-20)33(36)37)30-24(32-18)15-21(16-25(30)34)19-12-13-26(38-2)27(17-19)39-3/h7-9,12-14,17,21,23,29,32H,4-6,10-11,15-16H2,1-3H3/t21-,29+/m0/s1. The molecule has 210 valence electrons. The Kier molecular flexibility index (Phi) is 7.91. The Balaban J connectivity index is 1.54. The number of nitro benzene ring substituents is 1. The van der Waals surface area contributed by atoms with Crippen molar-refractivity contribution >= 4 is 17.4 Å². The van der Waals surface area contributed by atoms with E-state index in [2.05, 4.69) is 5.32 Å². The number of non-ortho nitro benzene ring substituents is 1. The lowest BCUT2D eigenvalue weighted by Gasteiger charge is -2.37. The predicted octanol–water partition coefficient (Wildman–Crippen LogP) is 5.85. The normalized spacial score (nSPS) is 21.4. The first-order valence-corrected chi connectivity index (χ1v) is 13.7. The molecule has 2 aromatic carbocycles. The van der Waals surface area contributed by atoms with E-state index in [-0.39, 0.29) is 29.9 Å². The number of nitro groups is 1. The van der Waals surface area contributed by atoms with Crippen LogP contribution in [-0.4, -0.2) is 37.0 Å². The lowest BCUT2D eigenvalue weighted by molar-refractivity contribution is -0.384. The summed E-state index contributed by atoms with van der Waals surface area (Å²) >= 11 is 0. The Bertz CT molecular complexity index is 1400. The molecule has 2 aliphatic carbocycles. The largest absolute Gasteiger partial charge is 0.493 e. The number of nitrogens with zero attached hydrogens (tertiary/aromatic N) is 1. The summed E-state index contributed by atoms with van der Waals surface area (Å²) < 4.78 is 16.8. The first-order valence-electron chi connectivity index (χ1n) is 13.7. The van der Waals surface area contributed by atoms with Crippen LogP contribution in [0.2, 0.25) is 0 Å². The van der Waals surface area contributed by atoms with Crippen molar-refractivity contribution in [3.05, 3.63) is 86.2 Å². The highest BCUT2D eigenvalue weighted by Gasteiger charge is 2.42. The Morgan fingerprint density at radius 3 is 2.42 bits per heavy atom. The predicted molar refractivity (Wildman–Crippen MR) is 148 cm³/mol. The molecule has 5 rings (SSSR count). The quantitative estimate of drug-likeness (QED) is 0.261. The van der Waals surface area contributed by atoms with E-state index in [4.69, 9.17) is 14.2 Å². The van der Waals surface area contributed by atoms with Gasteiger partial charge in [0.15, 0.2) is 17.3 Å². The zero-order valence-electron chi connectivity index (χ0n) is 23.0. The van der Waals surface area contributed by atoms with Crippen LogP contribution in [0, 0.1) is 10.1 Å². The Morgan fingerprint density at radius 2 is 1.73 bits per heavy atom. The van der Waals surface area contributed by atoms with Crippen LogP contribution >= 0.6 is 0 Å². The van der Waals surface area contributed by atoms with E-state index in [9.17, 15) is 19.7 Å². The highest BCUT2D eigenvalue weighted by atomic mass is 16.6. The number of methoxy groups -OCH3 is 2. The molecule has 1 aliphatic heterocycles. The van der Waals surface area contributed by atoms with Gasteiger partial charge >= 0.3 is 5.97 Å². The average molecular weight is 547 g/mol. The summed E-state index contributed by atoms with van der Waals surface area (Å²) in [6.07, 6.45) is 5.36. The molecule has 1 saturated carbocycles. The maximum Gasteiger partial charge on any atom is 0.337 e. The molecule has 9 heteroatoms. The highest BCUT2D eigenvalue weighted by molar-refractivity contribution is 6.04. The molecule has 0 unspecified atom stereocenters. The fourth-order valence-corrected chi connectivity index (χ4v) is 6.20. The fraction of sp³-hybridized carbons (Fsp3) is 0.419. The van der Waals surface area contributed by atoms with Crippen LogP contribution in [0.1, 0.15) is 74.8 Å². The van der Waals surface area contributed by atoms with E-state index in [0.29, 0.717) is 40.3 Å². The van der Waals surface area contributed by atoms with Gasteiger partial charge in [0.1, 0.15) is 6.10 Å². The summed E-state index contributed by atoms with van der Waals surface area (Å²) in [5.74, 6) is -0.272. The number of Topliss-reactive ketones (excluding diaryl/α,β-unsaturated/α-hetero) is 1. The van der Waals surface area contributed by atoms with Crippen molar-refractivity contribution in [3.8, 4) is 11.5 Å². The first kappa shape index (κ1) is 27.4. The fourth-order valence-electron chi connectivity index (χ4n) is 6.20. The molecule has 9 nitrogen and oxygen atoms in total. The summed E-state index contributed by atoms with van der Waals surface area (Å²) in [6.45, 7) is 1.80. The average Bonchev–Trinajstić information content (AvgIpc) is 2.96. The number of benzene rings is 2. The lowest BCUT2D eigenvalue weighted by atomic mass is 9.71. The molecule has 1 fully saturated rings. The van der Waals surface area contributed by atoms with Crippen molar-refractivity contribution < 1.29 is 28.7 Å². The highest BCUT2D eigenvalue weighted by Crippen LogP contribution is 2.47. The van der Waals surface area contributed by atoms with E-state index in [0.717, 1.165) is 43.4 Å². The number of dihydropyridines is 1. The van der Waals surface area contributed by atoms with E-state index < -0.39 is 16.8 Å². The Morgan fingerprint density at radius 1 is 0.975 bits per heavy atom. The number of allylic oxidation sites excluding steroid dienone is 3. The summed E-state index contributed by atoms with van der Waals surface area (Å²) in [7, 11) is 3.15. The van der Waals surface area contributed by atoms with E-state index in [1.165, 1.54) is 12.1 Å². The molecule has 0 bridgehead atoms. The van der Waals surface area contributed by atoms with Gasteiger partial charge in [0.25, 0.3) is 5.69 Å². The van der Waals surface area contributed by atoms with Gasteiger partial charge in [-0.2, -0.15) is 0 Å².